The van der Waals surface area contributed by atoms with Crippen LogP contribution in [0.25, 0.3) is 33.2 Å². The SMILES string of the molecule is Cc1nc(N2C[C@H](O)[C@@H](N3CCN(C(=O)c4ccc(Cl)cc4)CC3)C2)c2cc(-c3nn[nH]n3)ccc2n1.Cc1nc(N2C[C@H](O)[C@@H](N3CCN(C(=O)c4ccc(Cl)cc4)CC3)C2)c2cc(Cl)ccc2n1. The van der Waals surface area contributed by atoms with Crippen molar-refractivity contribution < 1.29 is 19.8 Å². The lowest BCUT2D eigenvalue weighted by molar-refractivity contribution is 0.0371. The Balaban J connectivity index is 0.000000163. The number of benzene rings is 4. The topological polar surface area (TPSA) is 200 Å². The molecule has 0 radical (unpaired) electrons. The second-order valence-corrected chi connectivity index (χ2v) is 19.4. The van der Waals surface area contributed by atoms with Gasteiger partial charge in [-0.05, 0) is 104 Å². The Hall–Kier alpha value is -6.12. The van der Waals surface area contributed by atoms with Crippen LogP contribution in [-0.4, -0.2) is 185 Å². The summed E-state index contributed by atoms with van der Waals surface area (Å²) in [6.07, 6.45) is -1.04. The van der Waals surface area contributed by atoms with Crippen LogP contribution >= 0.6 is 34.8 Å². The molecule has 0 aliphatic carbocycles. The van der Waals surface area contributed by atoms with Gasteiger partial charge in [0.05, 0.1) is 35.3 Å². The maximum Gasteiger partial charge on any atom is 0.253 e. The average molecular weight is 1010 g/mol. The van der Waals surface area contributed by atoms with E-state index in [1.165, 1.54) is 0 Å². The molecule has 4 aromatic carbocycles. The summed E-state index contributed by atoms with van der Waals surface area (Å²) in [5.74, 6) is 3.46. The molecule has 4 fully saturated rings. The Kier molecular flexibility index (Phi) is 13.8. The molecule has 70 heavy (non-hydrogen) atoms. The van der Waals surface area contributed by atoms with Crippen LogP contribution in [0.3, 0.4) is 0 Å². The normalized spacial score (nSPS) is 21.1. The van der Waals surface area contributed by atoms with E-state index in [0.717, 1.165) is 39.0 Å². The Bertz CT molecular complexity index is 3010. The van der Waals surface area contributed by atoms with E-state index in [1.54, 1.807) is 48.5 Å². The van der Waals surface area contributed by atoms with Crippen molar-refractivity contribution in [2.75, 3.05) is 88.3 Å². The standard InChI is InChI=1S/C25H26ClN9O2.C24H25Cl2N5O2/c1-15-27-20-7-4-17(23-29-31-32-30-23)12-19(20)24(28-15)35-13-21(22(36)14-35)33-8-10-34(11-9-33)25(37)16-2-5-18(26)6-3-16;1-15-27-20-7-6-18(26)12-19(20)23(28-15)31-13-21(22(32)14-31)29-8-10-30(11-9-29)24(33)16-2-4-17(25)5-3-16/h2-7,12,21-22,36H,8-11,13-14H2,1H3,(H,29,30,31,32);2-7,12,21-22,32H,8-11,13-14H2,1H3/t2*21-,22-/m00/s1. The lowest BCUT2D eigenvalue weighted by Crippen LogP contribution is -2.54. The zero-order valence-corrected chi connectivity index (χ0v) is 40.8. The maximum atomic E-state index is 12.9. The lowest BCUT2D eigenvalue weighted by atomic mass is 10.1. The molecule has 0 spiro atoms. The summed E-state index contributed by atoms with van der Waals surface area (Å²) in [4.78, 5) is 56.8. The third-order valence-electron chi connectivity index (χ3n) is 13.6. The number of carbonyl (C=O) groups excluding carboxylic acids is 2. The fourth-order valence-corrected chi connectivity index (χ4v) is 10.4. The predicted octanol–water partition coefficient (Wildman–Crippen LogP) is 5.03. The lowest BCUT2D eigenvalue weighted by Gasteiger charge is -2.38. The number of fused-ring (bicyclic) bond motifs is 2. The molecule has 0 unspecified atom stereocenters. The van der Waals surface area contributed by atoms with E-state index < -0.39 is 12.2 Å². The van der Waals surface area contributed by atoms with Crippen molar-refractivity contribution in [3.8, 4) is 11.4 Å². The van der Waals surface area contributed by atoms with Gasteiger partial charge >= 0.3 is 0 Å². The Labute approximate surface area is 418 Å². The number of H-pyrrole nitrogens is 1. The highest BCUT2D eigenvalue weighted by atomic mass is 35.5. The van der Waals surface area contributed by atoms with Gasteiger partial charge in [-0.25, -0.2) is 19.9 Å². The van der Waals surface area contributed by atoms with Gasteiger partial charge in [-0.15, -0.1) is 10.2 Å². The summed E-state index contributed by atoms with van der Waals surface area (Å²) in [7, 11) is 0. The van der Waals surface area contributed by atoms with Crippen LogP contribution in [0.5, 0.6) is 0 Å². The molecular weight excluding hydrogens is 955 g/mol. The highest BCUT2D eigenvalue weighted by molar-refractivity contribution is 6.31. The summed E-state index contributed by atoms with van der Waals surface area (Å²) in [5.41, 5.74) is 3.75. The highest BCUT2D eigenvalue weighted by Crippen LogP contribution is 2.33. The highest BCUT2D eigenvalue weighted by Gasteiger charge is 2.40. The molecule has 7 heterocycles. The number of amides is 2. The molecule has 18 nitrogen and oxygen atoms in total. The number of anilines is 2. The first-order chi connectivity index (χ1) is 33.8. The molecule has 4 aliphatic heterocycles. The molecule has 4 atom stereocenters. The number of nitrogens with zero attached hydrogens (tertiary/aromatic N) is 13. The number of carbonyl (C=O) groups is 2. The van der Waals surface area contributed by atoms with Crippen molar-refractivity contribution in [3.63, 3.8) is 0 Å². The van der Waals surface area contributed by atoms with E-state index in [-0.39, 0.29) is 23.9 Å². The zero-order valence-electron chi connectivity index (χ0n) is 38.5. The van der Waals surface area contributed by atoms with Gasteiger partial charge in [-0.3, -0.25) is 19.4 Å². The molecule has 0 bridgehead atoms. The first-order valence-corrected chi connectivity index (χ1v) is 24.4. The third kappa shape index (κ3) is 10.1. The molecule has 4 aliphatic rings. The molecular formula is C49H51Cl3N14O4. The van der Waals surface area contributed by atoms with Crippen molar-refractivity contribution >= 4 is 80.1 Å². The zero-order chi connectivity index (χ0) is 48.6. The number of hydrogen-bond donors (Lipinski definition) is 3. The summed E-state index contributed by atoms with van der Waals surface area (Å²) in [6, 6.07) is 25.3. The van der Waals surface area contributed by atoms with Gasteiger partial charge < -0.3 is 29.8 Å². The van der Waals surface area contributed by atoms with Crippen molar-refractivity contribution in [1.29, 1.82) is 0 Å². The second-order valence-electron chi connectivity index (χ2n) is 18.1. The van der Waals surface area contributed by atoms with Crippen molar-refractivity contribution in [2.45, 2.75) is 38.1 Å². The number of nitrogens with one attached hydrogen (secondary N) is 1. The van der Waals surface area contributed by atoms with Gasteiger partial charge in [0.1, 0.15) is 23.3 Å². The molecule has 0 saturated carbocycles. The number of tetrazole rings is 1. The van der Waals surface area contributed by atoms with Crippen LogP contribution in [-0.2, 0) is 0 Å². The Morgan fingerprint density at radius 1 is 0.557 bits per heavy atom. The number of rotatable bonds is 7. The van der Waals surface area contributed by atoms with Crippen LogP contribution in [0.4, 0.5) is 11.6 Å². The summed E-state index contributed by atoms with van der Waals surface area (Å²) in [6.45, 7) is 11.3. The number of hydrogen-bond acceptors (Lipinski definition) is 15. The number of aryl methyl sites for hydroxylation is 2. The Morgan fingerprint density at radius 3 is 1.46 bits per heavy atom. The van der Waals surface area contributed by atoms with Gasteiger partial charge in [-0.1, -0.05) is 34.8 Å². The van der Waals surface area contributed by atoms with Crippen LogP contribution in [0, 0.1) is 13.8 Å². The first-order valence-electron chi connectivity index (χ1n) is 23.2. The van der Waals surface area contributed by atoms with E-state index in [9.17, 15) is 19.8 Å². The van der Waals surface area contributed by atoms with E-state index in [4.69, 9.17) is 39.8 Å². The number of piperazine rings is 2. The molecule has 4 saturated heterocycles. The summed E-state index contributed by atoms with van der Waals surface area (Å²) in [5, 5.41) is 39.9. The van der Waals surface area contributed by atoms with E-state index in [2.05, 4.69) is 55.2 Å². The van der Waals surface area contributed by atoms with Gasteiger partial charge in [0, 0.05) is 121 Å². The maximum absolute atomic E-state index is 12.9. The van der Waals surface area contributed by atoms with Crippen LogP contribution in [0.2, 0.25) is 15.1 Å². The fourth-order valence-electron chi connectivity index (χ4n) is 9.99. The minimum absolute atomic E-state index is 0.00486. The van der Waals surface area contributed by atoms with Crippen molar-refractivity contribution in [3.05, 3.63) is 123 Å². The van der Waals surface area contributed by atoms with Crippen molar-refractivity contribution in [1.82, 2.24) is 60.2 Å². The Morgan fingerprint density at radius 2 is 1.00 bits per heavy atom. The molecule has 2 amide bonds. The molecule has 362 valence electrons. The summed E-state index contributed by atoms with van der Waals surface area (Å²) >= 11 is 18.1. The van der Waals surface area contributed by atoms with E-state index in [1.807, 2.05) is 60.0 Å². The van der Waals surface area contributed by atoms with E-state index in [0.29, 0.717) is 122 Å². The second kappa shape index (κ2) is 20.3. The van der Waals surface area contributed by atoms with Crippen LogP contribution in [0.1, 0.15) is 32.4 Å². The molecule has 7 aromatic rings. The van der Waals surface area contributed by atoms with Gasteiger partial charge in [0.2, 0.25) is 5.82 Å². The number of aromatic nitrogens is 8. The van der Waals surface area contributed by atoms with Crippen molar-refractivity contribution in [2.24, 2.45) is 0 Å². The average Bonchev–Trinajstić information content (AvgIpc) is 4.15. The van der Waals surface area contributed by atoms with Crippen LogP contribution in [0.15, 0.2) is 84.9 Å². The monoisotopic (exact) mass is 1000 g/mol. The number of aliphatic hydroxyl groups excluding tert-OH is 2. The number of β-amino-alcohol motifs (C(OH)–C–C–N with tert-alkyl or cyclic N) is 2. The fraction of sp³-hybridized carbons (Fsp3) is 0.367. The first kappa shape index (κ1) is 47.6. The minimum atomic E-state index is -0.538. The third-order valence-corrected chi connectivity index (χ3v) is 14.3. The van der Waals surface area contributed by atoms with Gasteiger partial charge in [0.15, 0.2) is 0 Å². The largest absolute Gasteiger partial charge is 0.390 e. The number of aliphatic hydroxyl groups is 2. The van der Waals surface area contributed by atoms with Crippen LogP contribution < -0.4 is 9.80 Å². The van der Waals surface area contributed by atoms with E-state index >= 15 is 0 Å². The van der Waals surface area contributed by atoms with Gasteiger partial charge in [0.25, 0.3) is 11.8 Å². The molecule has 3 aromatic heterocycles. The number of halogens is 3. The smallest absolute Gasteiger partial charge is 0.253 e. The van der Waals surface area contributed by atoms with Gasteiger partial charge in [-0.2, -0.15) is 5.21 Å². The predicted molar refractivity (Wildman–Crippen MR) is 269 cm³/mol. The quantitative estimate of drug-likeness (QED) is 0.192. The minimum Gasteiger partial charge on any atom is -0.390 e. The summed E-state index contributed by atoms with van der Waals surface area (Å²) < 4.78 is 0. The molecule has 21 heteroatoms. The molecule has 3 N–H and O–H groups in total. The molecule has 11 rings (SSSR count). The number of aromatic amines is 1.